The number of amides is 1. The summed E-state index contributed by atoms with van der Waals surface area (Å²) >= 11 is 1.79. The fourth-order valence-electron chi connectivity index (χ4n) is 1.87. The number of carbonyl (C=O) groups excluding carboxylic acids is 1. The molecular weight excluding hydrogens is 427 g/mol. The average molecular weight is 448 g/mol. The molecule has 0 saturated heterocycles. The van der Waals surface area contributed by atoms with Gasteiger partial charge in [0, 0.05) is 16.8 Å². The van der Waals surface area contributed by atoms with Gasteiger partial charge in [-0.25, -0.2) is 0 Å². The topological polar surface area (TPSA) is 92.6 Å². The molecule has 0 radical (unpaired) electrons. The summed E-state index contributed by atoms with van der Waals surface area (Å²) in [6, 6.07) is 7.54. The van der Waals surface area contributed by atoms with E-state index in [0.717, 1.165) is 13.0 Å². The van der Waals surface area contributed by atoms with Crippen LogP contribution in [0.5, 0.6) is 0 Å². The van der Waals surface area contributed by atoms with Gasteiger partial charge in [0.15, 0.2) is 11.7 Å². The lowest BCUT2D eigenvalue weighted by molar-refractivity contribution is 0.0972. The summed E-state index contributed by atoms with van der Waals surface area (Å²) < 4.78 is 5.30. The zero-order valence-corrected chi connectivity index (χ0v) is 16.2. The molecule has 6 nitrogen and oxygen atoms in total. The van der Waals surface area contributed by atoms with Gasteiger partial charge in [-0.3, -0.25) is 9.79 Å². The first-order valence-electron chi connectivity index (χ1n) is 7.03. The number of nitrogens with one attached hydrogen (secondary N) is 2. The van der Waals surface area contributed by atoms with E-state index in [-0.39, 0.29) is 29.7 Å². The van der Waals surface area contributed by atoms with Crippen LogP contribution in [0.25, 0.3) is 0 Å². The van der Waals surface area contributed by atoms with E-state index in [1.807, 2.05) is 0 Å². The number of primary amides is 1. The third kappa shape index (κ3) is 5.87. The Hall–Kier alpha value is -1.55. The molecule has 0 unspecified atom stereocenters. The van der Waals surface area contributed by atoms with Crippen molar-refractivity contribution in [3.8, 4) is 0 Å². The zero-order chi connectivity index (χ0) is 15.9. The van der Waals surface area contributed by atoms with Crippen LogP contribution in [0.3, 0.4) is 0 Å². The molecule has 23 heavy (non-hydrogen) atoms. The Morgan fingerprint density at radius 3 is 2.48 bits per heavy atom. The minimum absolute atomic E-state index is 0. The lowest BCUT2D eigenvalue weighted by Gasteiger charge is -2.09. The van der Waals surface area contributed by atoms with Gasteiger partial charge in [0.25, 0.3) is 5.91 Å². The molecule has 2 aromatic heterocycles. The number of carbonyl (C=O) groups is 1. The standard InChI is InChI=1S/C15H20N4O2S.HI/c1-3-11-5-6-12(22-11)9-19-15(17-2)18-8-10-4-7-13(21-10)14(16)20;/h4-7H,3,8-9H2,1-2H3,(H2,16,20)(H2,17,18,19);1H. The lowest BCUT2D eigenvalue weighted by Crippen LogP contribution is -2.36. The van der Waals surface area contributed by atoms with Crippen molar-refractivity contribution in [3.63, 3.8) is 0 Å². The molecule has 2 heterocycles. The van der Waals surface area contributed by atoms with Gasteiger partial charge in [-0.15, -0.1) is 35.3 Å². The number of hydrogen-bond donors (Lipinski definition) is 3. The SMILES string of the molecule is CCc1ccc(CNC(=NC)NCc2ccc(C(N)=O)o2)s1.I. The maximum absolute atomic E-state index is 11.0. The number of aryl methyl sites for hydroxylation is 1. The minimum atomic E-state index is -0.571. The van der Waals surface area contributed by atoms with Gasteiger partial charge in [0.1, 0.15) is 5.76 Å². The van der Waals surface area contributed by atoms with Crippen molar-refractivity contribution in [1.29, 1.82) is 0 Å². The molecule has 126 valence electrons. The van der Waals surface area contributed by atoms with Crippen molar-refractivity contribution in [2.45, 2.75) is 26.4 Å². The summed E-state index contributed by atoms with van der Waals surface area (Å²) in [4.78, 5) is 17.7. The molecule has 0 atom stereocenters. The number of guanidine groups is 1. The van der Waals surface area contributed by atoms with E-state index in [1.54, 1.807) is 30.5 Å². The summed E-state index contributed by atoms with van der Waals surface area (Å²) in [7, 11) is 1.71. The largest absolute Gasteiger partial charge is 0.454 e. The fraction of sp³-hybridized carbons (Fsp3) is 0.333. The minimum Gasteiger partial charge on any atom is -0.454 e. The molecule has 2 aromatic rings. The number of aliphatic imine (C=N–C) groups is 1. The first kappa shape index (κ1) is 19.5. The van der Waals surface area contributed by atoms with E-state index < -0.39 is 5.91 Å². The molecule has 0 fully saturated rings. The molecule has 0 aliphatic rings. The molecule has 8 heteroatoms. The second-order valence-corrected chi connectivity index (χ2v) is 5.88. The second kappa shape index (κ2) is 9.56. The molecule has 0 aromatic carbocycles. The van der Waals surface area contributed by atoms with Crippen LogP contribution < -0.4 is 16.4 Å². The van der Waals surface area contributed by atoms with Crippen molar-refractivity contribution in [2.24, 2.45) is 10.7 Å². The van der Waals surface area contributed by atoms with Gasteiger partial charge in [-0.1, -0.05) is 6.92 Å². The highest BCUT2D eigenvalue weighted by molar-refractivity contribution is 14.0. The Bertz CT molecular complexity index is 666. The van der Waals surface area contributed by atoms with Gasteiger partial charge in [0.2, 0.25) is 0 Å². The Balaban J connectivity index is 0.00000264. The van der Waals surface area contributed by atoms with Crippen molar-refractivity contribution in [1.82, 2.24) is 10.6 Å². The number of nitrogens with zero attached hydrogens (tertiary/aromatic N) is 1. The van der Waals surface area contributed by atoms with Crippen LogP contribution in [0.15, 0.2) is 33.7 Å². The highest BCUT2D eigenvalue weighted by atomic mass is 127. The van der Waals surface area contributed by atoms with Gasteiger partial charge < -0.3 is 20.8 Å². The second-order valence-electron chi connectivity index (χ2n) is 4.63. The number of rotatable bonds is 6. The van der Waals surface area contributed by atoms with Crippen molar-refractivity contribution >= 4 is 47.2 Å². The Labute approximate surface area is 156 Å². The van der Waals surface area contributed by atoms with Gasteiger partial charge in [-0.05, 0) is 30.7 Å². The normalized spacial score (nSPS) is 11.0. The summed E-state index contributed by atoms with van der Waals surface area (Å²) in [6.45, 7) is 3.29. The van der Waals surface area contributed by atoms with E-state index in [2.05, 4.69) is 34.7 Å². The zero-order valence-electron chi connectivity index (χ0n) is 13.1. The monoisotopic (exact) mass is 448 g/mol. The maximum Gasteiger partial charge on any atom is 0.284 e. The molecule has 0 aliphatic heterocycles. The molecule has 4 N–H and O–H groups in total. The first-order chi connectivity index (χ1) is 10.6. The van der Waals surface area contributed by atoms with Crippen LogP contribution in [-0.4, -0.2) is 18.9 Å². The highest BCUT2D eigenvalue weighted by Gasteiger charge is 2.07. The van der Waals surface area contributed by atoms with Crippen molar-refractivity contribution < 1.29 is 9.21 Å². The van der Waals surface area contributed by atoms with E-state index in [9.17, 15) is 4.79 Å². The van der Waals surface area contributed by atoms with E-state index in [4.69, 9.17) is 10.2 Å². The third-order valence-corrected chi connectivity index (χ3v) is 4.28. The first-order valence-corrected chi connectivity index (χ1v) is 7.84. The van der Waals surface area contributed by atoms with E-state index in [1.165, 1.54) is 9.75 Å². The Kier molecular flexibility index (Phi) is 8.10. The van der Waals surface area contributed by atoms with Gasteiger partial charge in [0.05, 0.1) is 13.1 Å². The summed E-state index contributed by atoms with van der Waals surface area (Å²) in [5.41, 5.74) is 5.15. The third-order valence-electron chi connectivity index (χ3n) is 3.05. The molecule has 1 amide bonds. The number of halogens is 1. The van der Waals surface area contributed by atoms with Crippen LogP contribution in [0.2, 0.25) is 0 Å². The smallest absolute Gasteiger partial charge is 0.284 e. The summed E-state index contributed by atoms with van der Waals surface area (Å²) in [5.74, 6) is 0.883. The Morgan fingerprint density at radius 2 is 1.91 bits per heavy atom. The molecule has 0 spiro atoms. The predicted octanol–water partition coefficient (Wildman–Crippen LogP) is 2.49. The lowest BCUT2D eigenvalue weighted by atomic mass is 10.3. The fourth-order valence-corrected chi connectivity index (χ4v) is 2.77. The number of furan rings is 1. The maximum atomic E-state index is 11.0. The number of nitrogens with two attached hydrogens (primary N) is 1. The highest BCUT2D eigenvalue weighted by Crippen LogP contribution is 2.16. The van der Waals surface area contributed by atoms with E-state index in [0.29, 0.717) is 18.3 Å². The number of hydrogen-bond acceptors (Lipinski definition) is 4. The van der Waals surface area contributed by atoms with Crippen LogP contribution >= 0.6 is 35.3 Å². The van der Waals surface area contributed by atoms with Crippen LogP contribution in [0.4, 0.5) is 0 Å². The average Bonchev–Trinajstić information content (AvgIpc) is 3.16. The summed E-state index contributed by atoms with van der Waals surface area (Å²) in [5, 5.41) is 6.37. The van der Waals surface area contributed by atoms with Crippen LogP contribution in [0.1, 0.15) is 33.0 Å². The van der Waals surface area contributed by atoms with Crippen molar-refractivity contribution in [3.05, 3.63) is 45.5 Å². The number of thiophene rings is 1. The van der Waals surface area contributed by atoms with Crippen LogP contribution in [-0.2, 0) is 19.5 Å². The molecule has 2 rings (SSSR count). The van der Waals surface area contributed by atoms with Gasteiger partial charge in [-0.2, -0.15) is 0 Å². The van der Waals surface area contributed by atoms with Crippen molar-refractivity contribution in [2.75, 3.05) is 7.05 Å². The molecular formula is C15H21IN4O2S. The molecule has 0 bridgehead atoms. The van der Waals surface area contributed by atoms with E-state index >= 15 is 0 Å². The molecule has 0 saturated carbocycles. The Morgan fingerprint density at radius 1 is 1.22 bits per heavy atom. The summed E-state index contributed by atoms with van der Waals surface area (Å²) in [6.07, 6.45) is 1.05. The molecule has 0 aliphatic carbocycles. The quantitative estimate of drug-likeness (QED) is 0.360. The van der Waals surface area contributed by atoms with Gasteiger partial charge >= 0.3 is 0 Å². The predicted molar refractivity (Wildman–Crippen MR) is 103 cm³/mol. The van der Waals surface area contributed by atoms with Crippen LogP contribution in [0, 0.1) is 0 Å².